The van der Waals surface area contributed by atoms with Crippen LogP contribution in [0.15, 0.2) is 5.16 Å². The van der Waals surface area contributed by atoms with E-state index in [9.17, 15) is 4.79 Å². The zero-order valence-electron chi connectivity index (χ0n) is 12.8. The Labute approximate surface area is 129 Å². The number of nitrogens with zero attached hydrogens (tertiary/aromatic N) is 4. The van der Waals surface area contributed by atoms with E-state index in [1.807, 2.05) is 0 Å². The molecule has 1 aromatic rings. The van der Waals surface area contributed by atoms with Crippen LogP contribution in [0.4, 0.5) is 5.95 Å². The van der Waals surface area contributed by atoms with Crippen LogP contribution in [0.1, 0.15) is 39.5 Å². The summed E-state index contributed by atoms with van der Waals surface area (Å²) in [7, 11) is 0. The summed E-state index contributed by atoms with van der Waals surface area (Å²) in [6, 6.07) is 0. The highest BCUT2D eigenvalue weighted by Crippen LogP contribution is 2.27. The minimum Gasteiger partial charge on any atom is -0.481 e. The van der Waals surface area contributed by atoms with Crippen molar-refractivity contribution >= 4 is 23.7 Å². The molecule has 2 rings (SSSR count). The first-order chi connectivity index (χ1) is 10.2. The van der Waals surface area contributed by atoms with Crippen LogP contribution in [0.3, 0.4) is 0 Å². The largest absolute Gasteiger partial charge is 0.481 e. The topological polar surface area (TPSA) is 71.2 Å². The summed E-state index contributed by atoms with van der Waals surface area (Å²) in [6.07, 6.45) is 4.65. The second-order valence-electron chi connectivity index (χ2n) is 5.48. The van der Waals surface area contributed by atoms with E-state index in [4.69, 9.17) is 5.11 Å². The summed E-state index contributed by atoms with van der Waals surface area (Å²) >= 11 is 1.25. The van der Waals surface area contributed by atoms with Crippen LogP contribution in [0.5, 0.6) is 0 Å². The number of aliphatic carboxylic acids is 1. The molecule has 1 fully saturated rings. The molecule has 1 aliphatic rings. The van der Waals surface area contributed by atoms with Crippen molar-refractivity contribution in [2.45, 2.75) is 51.2 Å². The quantitative estimate of drug-likeness (QED) is 0.780. The third-order valence-corrected chi connectivity index (χ3v) is 4.80. The summed E-state index contributed by atoms with van der Waals surface area (Å²) in [5.74, 6) is 0.833. The van der Waals surface area contributed by atoms with Gasteiger partial charge in [-0.15, -0.1) is 10.2 Å². The number of carboxylic acid groups (broad SMARTS) is 1. The number of thioether (sulfide) groups is 1. The number of anilines is 1. The zero-order chi connectivity index (χ0) is 15.2. The highest BCUT2D eigenvalue weighted by atomic mass is 32.2. The minimum absolute atomic E-state index is 0.0272. The van der Waals surface area contributed by atoms with Crippen molar-refractivity contribution in [1.82, 2.24) is 14.8 Å². The summed E-state index contributed by atoms with van der Waals surface area (Å²) in [4.78, 5) is 13.1. The fourth-order valence-electron chi connectivity index (χ4n) is 2.75. The molecule has 6 nitrogen and oxygen atoms in total. The van der Waals surface area contributed by atoms with E-state index in [0.717, 1.165) is 37.9 Å². The van der Waals surface area contributed by atoms with Gasteiger partial charge in [0.1, 0.15) is 0 Å². The lowest BCUT2D eigenvalue weighted by Gasteiger charge is -2.33. The molecule has 0 amide bonds. The van der Waals surface area contributed by atoms with Crippen LogP contribution >= 0.6 is 11.8 Å². The van der Waals surface area contributed by atoms with Crippen molar-refractivity contribution < 1.29 is 9.90 Å². The van der Waals surface area contributed by atoms with Crippen LogP contribution < -0.4 is 4.90 Å². The molecule has 7 heteroatoms. The molecule has 118 valence electrons. The summed E-state index contributed by atoms with van der Waals surface area (Å²) in [5.41, 5.74) is 0. The van der Waals surface area contributed by atoms with E-state index in [2.05, 4.69) is 33.5 Å². The molecule has 1 atom stereocenters. The Balaban J connectivity index is 2.16. The molecule has 0 radical (unpaired) electrons. The lowest BCUT2D eigenvalue weighted by Crippen LogP contribution is -2.37. The molecular weight excluding hydrogens is 288 g/mol. The maximum Gasteiger partial charge on any atom is 0.313 e. The van der Waals surface area contributed by atoms with Gasteiger partial charge in [-0.25, -0.2) is 0 Å². The van der Waals surface area contributed by atoms with Gasteiger partial charge >= 0.3 is 5.97 Å². The summed E-state index contributed by atoms with van der Waals surface area (Å²) in [6.45, 7) is 7.22. The average Bonchev–Trinajstić information content (AvgIpc) is 2.88. The highest BCUT2D eigenvalue weighted by Gasteiger charge is 2.24. The third-order valence-electron chi connectivity index (χ3n) is 3.85. The zero-order valence-corrected chi connectivity index (χ0v) is 13.6. The van der Waals surface area contributed by atoms with Crippen molar-refractivity contribution in [1.29, 1.82) is 0 Å². The van der Waals surface area contributed by atoms with Crippen molar-refractivity contribution in [3.8, 4) is 0 Å². The third kappa shape index (κ3) is 4.12. The number of aromatic nitrogens is 3. The van der Waals surface area contributed by atoms with E-state index in [-0.39, 0.29) is 5.75 Å². The Kier molecular flexibility index (Phi) is 5.90. The van der Waals surface area contributed by atoms with Gasteiger partial charge < -0.3 is 10.0 Å². The van der Waals surface area contributed by atoms with E-state index in [0.29, 0.717) is 5.16 Å². The van der Waals surface area contributed by atoms with E-state index in [1.54, 1.807) is 0 Å². The van der Waals surface area contributed by atoms with Crippen molar-refractivity contribution in [2.75, 3.05) is 23.7 Å². The Bertz CT molecular complexity index is 478. The summed E-state index contributed by atoms with van der Waals surface area (Å²) in [5, 5.41) is 18.1. The Morgan fingerprint density at radius 1 is 1.43 bits per heavy atom. The number of hydrogen-bond donors (Lipinski definition) is 1. The van der Waals surface area contributed by atoms with Gasteiger partial charge in [-0.3, -0.25) is 9.36 Å². The van der Waals surface area contributed by atoms with Crippen LogP contribution in [-0.2, 0) is 11.3 Å². The molecule has 0 saturated carbocycles. The van der Waals surface area contributed by atoms with Crippen molar-refractivity contribution in [3.05, 3.63) is 0 Å². The monoisotopic (exact) mass is 312 g/mol. The van der Waals surface area contributed by atoms with E-state index in [1.165, 1.54) is 31.0 Å². The normalized spacial score (nSPS) is 19.0. The van der Waals surface area contributed by atoms with Gasteiger partial charge in [0, 0.05) is 19.6 Å². The number of piperidine rings is 1. The van der Waals surface area contributed by atoms with Crippen LogP contribution in [0, 0.1) is 5.92 Å². The number of hydrogen-bond acceptors (Lipinski definition) is 5. The molecule has 1 unspecified atom stereocenters. The van der Waals surface area contributed by atoms with Gasteiger partial charge in [0.25, 0.3) is 0 Å². The van der Waals surface area contributed by atoms with Crippen molar-refractivity contribution in [3.63, 3.8) is 0 Å². The van der Waals surface area contributed by atoms with Gasteiger partial charge in [0.15, 0.2) is 5.16 Å². The maximum atomic E-state index is 10.7. The molecule has 0 aliphatic carbocycles. The van der Waals surface area contributed by atoms with Crippen LogP contribution in [0.2, 0.25) is 0 Å². The Morgan fingerprint density at radius 3 is 2.90 bits per heavy atom. The van der Waals surface area contributed by atoms with Gasteiger partial charge in [-0.1, -0.05) is 32.0 Å². The molecule has 0 bridgehead atoms. The number of carboxylic acids is 1. The Hall–Kier alpha value is -1.24. The lowest BCUT2D eigenvalue weighted by molar-refractivity contribution is -0.133. The second-order valence-corrected chi connectivity index (χ2v) is 6.42. The maximum absolute atomic E-state index is 10.7. The first-order valence-electron chi connectivity index (χ1n) is 7.68. The van der Waals surface area contributed by atoms with Crippen LogP contribution in [-0.4, -0.2) is 44.7 Å². The Morgan fingerprint density at radius 2 is 2.24 bits per heavy atom. The highest BCUT2D eigenvalue weighted by molar-refractivity contribution is 7.99. The number of carbonyl (C=O) groups is 1. The predicted molar refractivity (Wildman–Crippen MR) is 83.9 cm³/mol. The van der Waals surface area contributed by atoms with Crippen molar-refractivity contribution in [2.24, 2.45) is 5.92 Å². The van der Waals surface area contributed by atoms with Crippen LogP contribution in [0.25, 0.3) is 0 Å². The van der Waals surface area contributed by atoms with Gasteiger partial charge in [-0.2, -0.15) is 0 Å². The predicted octanol–water partition coefficient (Wildman–Crippen LogP) is 2.49. The standard InChI is InChI=1S/C14H24N4O2S/c1-3-7-18-13(15-16-14(18)21-10-12(19)20)17-8-5-6-11(4-2)9-17/h11H,3-10H2,1-2H3,(H,19,20). The fourth-order valence-corrected chi connectivity index (χ4v) is 3.43. The molecule has 21 heavy (non-hydrogen) atoms. The smallest absolute Gasteiger partial charge is 0.313 e. The van der Waals surface area contributed by atoms with Gasteiger partial charge in [-0.05, 0) is 25.2 Å². The molecule has 0 aromatic carbocycles. The van der Waals surface area contributed by atoms with Gasteiger partial charge in [0.2, 0.25) is 5.95 Å². The molecule has 1 aliphatic heterocycles. The first kappa shape index (κ1) is 16.1. The molecular formula is C14H24N4O2S. The molecule has 0 spiro atoms. The van der Waals surface area contributed by atoms with E-state index >= 15 is 0 Å². The molecule has 1 saturated heterocycles. The lowest BCUT2D eigenvalue weighted by atomic mass is 9.96. The SMILES string of the molecule is CCCn1c(SCC(=O)O)nnc1N1CCCC(CC)C1. The molecule has 1 N–H and O–H groups in total. The first-order valence-corrected chi connectivity index (χ1v) is 8.67. The second kappa shape index (κ2) is 7.68. The van der Waals surface area contributed by atoms with Gasteiger partial charge in [0.05, 0.1) is 5.75 Å². The average molecular weight is 312 g/mol. The number of rotatable bonds is 7. The molecule has 1 aromatic heterocycles. The van der Waals surface area contributed by atoms with E-state index < -0.39 is 5.97 Å². The fraction of sp³-hybridized carbons (Fsp3) is 0.786. The summed E-state index contributed by atoms with van der Waals surface area (Å²) < 4.78 is 2.08. The minimum atomic E-state index is -0.823. The molecule has 2 heterocycles.